The number of amides is 5. The normalized spacial score (nSPS) is 19.9. The molecular weight excluding hydrogens is 560 g/mol. The maximum atomic E-state index is 13.4. The molecule has 0 spiro atoms. The molecule has 1 aliphatic heterocycles. The first-order chi connectivity index (χ1) is 19.9. The molecular formula is C29H52N6O8. The lowest BCUT2D eigenvalue weighted by Crippen LogP contribution is -2.60. The smallest absolute Gasteiger partial charge is 0.326 e. The Labute approximate surface area is 254 Å². The fourth-order valence-corrected chi connectivity index (χ4v) is 4.83. The minimum Gasteiger partial charge on any atom is -0.480 e. The van der Waals surface area contributed by atoms with Gasteiger partial charge in [-0.2, -0.15) is 0 Å². The van der Waals surface area contributed by atoms with Crippen molar-refractivity contribution in [3.05, 3.63) is 0 Å². The Hall–Kier alpha value is -3.26. The van der Waals surface area contributed by atoms with Gasteiger partial charge < -0.3 is 42.1 Å². The van der Waals surface area contributed by atoms with Crippen molar-refractivity contribution in [2.45, 2.75) is 123 Å². The van der Waals surface area contributed by atoms with Crippen LogP contribution in [0.3, 0.4) is 0 Å². The van der Waals surface area contributed by atoms with Crippen molar-refractivity contribution in [3.63, 3.8) is 0 Å². The summed E-state index contributed by atoms with van der Waals surface area (Å²) >= 11 is 0. The Bertz CT molecular complexity index is 1000. The predicted octanol–water partition coefficient (Wildman–Crippen LogP) is -0.523. The quantitative estimate of drug-likeness (QED) is 0.119. The zero-order chi connectivity index (χ0) is 33.2. The molecule has 14 heteroatoms. The lowest BCUT2D eigenvalue weighted by molar-refractivity contribution is -0.145. The molecule has 0 aromatic carbocycles. The molecule has 0 aromatic heterocycles. The first-order valence-corrected chi connectivity index (χ1v) is 15.1. The van der Waals surface area contributed by atoms with Gasteiger partial charge in [0, 0.05) is 6.54 Å². The van der Waals surface area contributed by atoms with Crippen molar-refractivity contribution in [2.24, 2.45) is 23.5 Å². The molecule has 43 heavy (non-hydrogen) atoms. The number of nitrogens with one attached hydrogen (secondary N) is 4. The zero-order valence-electron chi connectivity index (χ0n) is 26.7. The van der Waals surface area contributed by atoms with Crippen LogP contribution in [-0.2, 0) is 28.8 Å². The molecule has 0 bridgehead atoms. The highest BCUT2D eigenvalue weighted by Crippen LogP contribution is 2.20. The second kappa shape index (κ2) is 17.1. The highest BCUT2D eigenvalue weighted by atomic mass is 16.4. The minimum atomic E-state index is -1.24. The summed E-state index contributed by atoms with van der Waals surface area (Å²) in [7, 11) is 0. The maximum absolute atomic E-state index is 13.4. The average Bonchev–Trinajstić information content (AvgIpc) is 3.41. The molecule has 1 heterocycles. The van der Waals surface area contributed by atoms with Crippen LogP contribution in [0.2, 0.25) is 0 Å². The lowest BCUT2D eigenvalue weighted by atomic mass is 9.96. The fourth-order valence-electron chi connectivity index (χ4n) is 4.83. The summed E-state index contributed by atoms with van der Waals surface area (Å²) in [6.07, 6.45) is 0.541. The number of aliphatic hydroxyl groups is 1. The second-order valence-corrected chi connectivity index (χ2v) is 12.3. The van der Waals surface area contributed by atoms with Crippen molar-refractivity contribution in [2.75, 3.05) is 6.54 Å². The Morgan fingerprint density at radius 2 is 1.47 bits per heavy atom. The van der Waals surface area contributed by atoms with Crippen molar-refractivity contribution in [3.8, 4) is 0 Å². The molecule has 1 saturated heterocycles. The molecule has 0 aromatic rings. The van der Waals surface area contributed by atoms with E-state index in [-0.39, 0.29) is 30.7 Å². The van der Waals surface area contributed by atoms with Crippen LogP contribution in [0, 0.1) is 17.8 Å². The topological polar surface area (TPSA) is 220 Å². The zero-order valence-corrected chi connectivity index (χ0v) is 26.7. The van der Waals surface area contributed by atoms with Gasteiger partial charge >= 0.3 is 5.97 Å². The lowest BCUT2D eigenvalue weighted by Gasteiger charge is -2.30. The molecule has 246 valence electrons. The van der Waals surface area contributed by atoms with Crippen LogP contribution in [0.15, 0.2) is 0 Å². The molecule has 1 aliphatic rings. The predicted molar refractivity (Wildman–Crippen MR) is 159 cm³/mol. The van der Waals surface area contributed by atoms with Crippen LogP contribution >= 0.6 is 0 Å². The van der Waals surface area contributed by atoms with Gasteiger partial charge in [0.1, 0.15) is 36.3 Å². The van der Waals surface area contributed by atoms with Crippen LogP contribution in [0.5, 0.6) is 0 Å². The molecule has 5 amide bonds. The number of nitrogens with two attached hydrogens (primary N) is 1. The molecule has 1 fully saturated rings. The number of aliphatic hydroxyl groups excluding tert-OH is 1. The van der Waals surface area contributed by atoms with Crippen LogP contribution in [0.25, 0.3) is 0 Å². The van der Waals surface area contributed by atoms with E-state index in [9.17, 15) is 39.0 Å². The number of likely N-dealkylation sites (tertiary alicyclic amines) is 1. The van der Waals surface area contributed by atoms with Crippen molar-refractivity contribution in [1.29, 1.82) is 0 Å². The van der Waals surface area contributed by atoms with Gasteiger partial charge in [-0.3, -0.25) is 24.0 Å². The maximum Gasteiger partial charge on any atom is 0.326 e. The summed E-state index contributed by atoms with van der Waals surface area (Å²) in [5.41, 5.74) is 5.73. The largest absolute Gasteiger partial charge is 0.480 e. The standard InChI is InChI=1S/C29H52N6O8/c1-9-16(6)23(34-26(39)21(30)18(8)36)27(40)32-19(13-14(2)3)24(37)31-17(7)28(41)35-12-10-11-20(35)25(38)33-22(15(4)5)29(42)43/h14-23,36H,9-13,30H2,1-8H3,(H,31,37)(H,32,40)(H,33,38)(H,34,39)(H,42,43). The van der Waals surface area contributed by atoms with Crippen molar-refractivity contribution in [1.82, 2.24) is 26.2 Å². The number of carbonyl (C=O) groups excluding carboxylic acids is 5. The fraction of sp³-hybridized carbons (Fsp3) is 0.793. The Balaban J connectivity index is 3.03. The summed E-state index contributed by atoms with van der Waals surface area (Å²) in [5.74, 6) is -4.84. The summed E-state index contributed by atoms with van der Waals surface area (Å²) < 4.78 is 0. The van der Waals surface area contributed by atoms with Gasteiger partial charge in [-0.1, -0.05) is 48.0 Å². The van der Waals surface area contributed by atoms with E-state index in [0.29, 0.717) is 19.3 Å². The summed E-state index contributed by atoms with van der Waals surface area (Å²) in [6, 6.07) is -6.30. The summed E-state index contributed by atoms with van der Waals surface area (Å²) in [6.45, 7) is 13.8. The van der Waals surface area contributed by atoms with Crippen molar-refractivity contribution < 1.29 is 39.0 Å². The van der Waals surface area contributed by atoms with E-state index in [1.54, 1.807) is 20.8 Å². The van der Waals surface area contributed by atoms with Crippen LogP contribution in [0.1, 0.15) is 81.1 Å². The molecule has 8 atom stereocenters. The van der Waals surface area contributed by atoms with E-state index in [0.717, 1.165) is 0 Å². The third kappa shape index (κ3) is 11.1. The number of carboxylic acids is 1. The average molecular weight is 613 g/mol. The van der Waals surface area contributed by atoms with Crippen LogP contribution in [-0.4, -0.2) is 99.5 Å². The third-order valence-corrected chi connectivity index (χ3v) is 7.75. The highest BCUT2D eigenvalue weighted by molar-refractivity contribution is 5.96. The van der Waals surface area contributed by atoms with Gasteiger partial charge in [0.05, 0.1) is 6.10 Å². The van der Waals surface area contributed by atoms with Crippen molar-refractivity contribution >= 4 is 35.5 Å². The summed E-state index contributed by atoms with van der Waals surface area (Å²) in [4.78, 5) is 78.3. The van der Waals surface area contributed by atoms with Gasteiger partial charge in [-0.25, -0.2) is 4.79 Å². The van der Waals surface area contributed by atoms with Gasteiger partial charge in [0.2, 0.25) is 29.5 Å². The van der Waals surface area contributed by atoms with Gasteiger partial charge in [0.15, 0.2) is 0 Å². The summed E-state index contributed by atoms with van der Waals surface area (Å²) in [5, 5.41) is 29.6. The monoisotopic (exact) mass is 612 g/mol. The molecule has 8 unspecified atom stereocenters. The van der Waals surface area contributed by atoms with Gasteiger partial charge in [-0.15, -0.1) is 0 Å². The Morgan fingerprint density at radius 3 is 1.95 bits per heavy atom. The highest BCUT2D eigenvalue weighted by Gasteiger charge is 2.39. The van der Waals surface area contributed by atoms with E-state index in [1.807, 2.05) is 20.8 Å². The van der Waals surface area contributed by atoms with E-state index < -0.39 is 77.9 Å². The number of hydrogen-bond donors (Lipinski definition) is 7. The molecule has 14 nitrogen and oxygen atoms in total. The first-order valence-electron chi connectivity index (χ1n) is 15.1. The van der Waals surface area contributed by atoms with E-state index in [1.165, 1.54) is 18.7 Å². The van der Waals surface area contributed by atoms with Crippen LogP contribution in [0.4, 0.5) is 0 Å². The van der Waals surface area contributed by atoms with E-state index >= 15 is 0 Å². The molecule has 8 N–H and O–H groups in total. The molecule has 1 rings (SSSR count). The number of rotatable bonds is 16. The first kappa shape index (κ1) is 37.8. The minimum absolute atomic E-state index is 0.0165. The molecule has 0 aliphatic carbocycles. The van der Waals surface area contributed by atoms with E-state index in [2.05, 4.69) is 21.3 Å². The molecule has 0 radical (unpaired) electrons. The molecule has 0 saturated carbocycles. The third-order valence-electron chi connectivity index (χ3n) is 7.75. The number of nitrogens with zero attached hydrogens (tertiary/aromatic N) is 1. The van der Waals surface area contributed by atoms with Crippen LogP contribution < -0.4 is 27.0 Å². The number of carboxylic acid groups (broad SMARTS) is 1. The second-order valence-electron chi connectivity index (χ2n) is 12.3. The number of aliphatic carboxylic acids is 1. The van der Waals surface area contributed by atoms with E-state index in [4.69, 9.17) is 5.73 Å². The van der Waals surface area contributed by atoms with Gasteiger partial charge in [-0.05, 0) is 50.9 Å². The number of carbonyl (C=O) groups is 6. The SMILES string of the molecule is CCC(C)C(NC(=O)C(N)C(C)O)C(=O)NC(CC(C)C)C(=O)NC(C)C(=O)N1CCCC1C(=O)NC(C(=O)O)C(C)C. The Kier molecular flexibility index (Phi) is 15.1. The number of hydrogen-bond acceptors (Lipinski definition) is 8. The Morgan fingerprint density at radius 1 is 0.860 bits per heavy atom. The van der Waals surface area contributed by atoms with Gasteiger partial charge in [0.25, 0.3) is 0 Å².